The fraction of sp³-hybridized carbons (Fsp3) is 0.455. The first-order valence-corrected chi connectivity index (χ1v) is 17.9. The van der Waals surface area contributed by atoms with Crippen LogP contribution in [0.25, 0.3) is 16.7 Å². The molecule has 11 nitrogen and oxygen atoms in total. The van der Waals surface area contributed by atoms with Crippen LogP contribution in [0.2, 0.25) is 21.6 Å². The molecule has 0 aliphatic rings. The van der Waals surface area contributed by atoms with E-state index in [1.807, 2.05) is 19.9 Å². The molecule has 1 aromatic carbocycles. The molecule has 0 bridgehead atoms. The number of halogens is 1. The highest BCUT2D eigenvalue weighted by molar-refractivity contribution is 6.77. The molecule has 244 valence electrons. The van der Waals surface area contributed by atoms with Crippen LogP contribution >= 0.6 is 11.6 Å². The van der Waals surface area contributed by atoms with Crippen molar-refractivity contribution in [2.75, 3.05) is 18.5 Å². The number of hydrogen-bond acceptors (Lipinski definition) is 9. The number of aryl methyl sites for hydroxylation is 1. The molecule has 0 fully saturated rings. The lowest BCUT2D eigenvalue weighted by atomic mass is 10.2. The van der Waals surface area contributed by atoms with E-state index in [2.05, 4.69) is 73.0 Å². The lowest BCUT2D eigenvalue weighted by molar-refractivity contribution is -0.127. The van der Waals surface area contributed by atoms with Crippen LogP contribution in [0.3, 0.4) is 0 Å². The highest BCUT2D eigenvalue weighted by Crippen LogP contribution is 2.42. The lowest BCUT2D eigenvalue weighted by Crippen LogP contribution is -2.49. The summed E-state index contributed by atoms with van der Waals surface area (Å²) in [6.07, 6.45) is 3.07. The molecule has 2 unspecified atom stereocenters. The predicted molar refractivity (Wildman–Crippen MR) is 181 cm³/mol. The lowest BCUT2D eigenvalue weighted by Gasteiger charge is -2.42. The van der Waals surface area contributed by atoms with Crippen molar-refractivity contribution < 1.29 is 18.7 Å². The van der Waals surface area contributed by atoms with E-state index >= 15 is 0 Å². The van der Waals surface area contributed by atoms with Crippen LogP contribution in [-0.4, -0.2) is 64.4 Å². The number of nitrogens with one attached hydrogen (secondary N) is 1. The Balaban J connectivity index is 1.60. The molecule has 0 aliphatic heterocycles. The first kappa shape index (κ1) is 35.0. The third kappa shape index (κ3) is 7.55. The minimum Gasteiger partial charge on any atom is -0.461 e. The molecule has 0 radical (unpaired) electrons. The Bertz CT molecular complexity index is 1670. The Labute approximate surface area is 276 Å². The largest absolute Gasteiger partial charge is 0.461 e. The number of carbonyl (C=O) groups is 1. The van der Waals surface area contributed by atoms with E-state index < -0.39 is 20.3 Å². The van der Waals surface area contributed by atoms with Crippen molar-refractivity contribution in [1.29, 1.82) is 5.26 Å². The van der Waals surface area contributed by atoms with Gasteiger partial charge in [-0.25, -0.2) is 19.6 Å². The summed E-state index contributed by atoms with van der Waals surface area (Å²) in [5.41, 5.74) is 3.32. The molecule has 46 heavy (non-hydrogen) atoms. The fourth-order valence-electron chi connectivity index (χ4n) is 6.01. The standard InChI is InChI=1S/C33H42ClN7O4Si/c1-20(2)46(21(3)4,22(5)6)44-17-24(8)43-18-28(32(42)40-29-13-12-23(7)15-36-29)45-33-26-16-39-41(31(26)37-19-38-33)30-25(14-35)10-9-11-27(30)34/h9-13,15-16,19-22,24,28H,17-18H2,1-8H3,(H,36,40,42). The van der Waals surface area contributed by atoms with Crippen LogP contribution in [0.15, 0.2) is 49.1 Å². The molecule has 0 spiro atoms. The molecular formula is C33H42ClN7O4Si. The van der Waals surface area contributed by atoms with Gasteiger partial charge in [-0.15, -0.1) is 0 Å². The Kier molecular flexibility index (Phi) is 11.5. The molecule has 1 amide bonds. The zero-order valence-corrected chi connectivity index (χ0v) is 29.4. The molecule has 4 aromatic rings. The van der Waals surface area contributed by atoms with Gasteiger partial charge in [-0.05, 0) is 54.2 Å². The van der Waals surface area contributed by atoms with Crippen molar-refractivity contribution >= 4 is 42.7 Å². The Morgan fingerprint density at radius 2 is 1.72 bits per heavy atom. The topological polar surface area (TPSA) is 137 Å². The summed E-state index contributed by atoms with van der Waals surface area (Å²) in [6.45, 7) is 17.6. The maximum absolute atomic E-state index is 13.6. The van der Waals surface area contributed by atoms with E-state index in [1.165, 1.54) is 17.2 Å². The van der Waals surface area contributed by atoms with Gasteiger partial charge in [0.1, 0.15) is 29.3 Å². The molecule has 3 aromatic heterocycles. The summed E-state index contributed by atoms with van der Waals surface area (Å²) in [7, 11) is -2.11. The number of nitrogens with zero attached hydrogens (tertiary/aromatic N) is 6. The summed E-state index contributed by atoms with van der Waals surface area (Å²) < 4.78 is 20.6. The van der Waals surface area contributed by atoms with Gasteiger partial charge < -0.3 is 19.2 Å². The highest BCUT2D eigenvalue weighted by Gasteiger charge is 2.45. The Hall–Kier alpha value is -3.89. The van der Waals surface area contributed by atoms with Crippen molar-refractivity contribution in [3.05, 3.63) is 65.2 Å². The maximum atomic E-state index is 13.6. The molecule has 0 saturated heterocycles. The number of amides is 1. The smallest absolute Gasteiger partial charge is 0.269 e. The third-order valence-electron chi connectivity index (χ3n) is 8.16. The van der Waals surface area contributed by atoms with Crippen LogP contribution < -0.4 is 10.1 Å². The number of anilines is 1. The molecular weight excluding hydrogens is 622 g/mol. The molecule has 4 rings (SSSR count). The minimum absolute atomic E-state index is 0.0788. The number of benzene rings is 1. The number of nitriles is 1. The fourth-order valence-corrected chi connectivity index (χ4v) is 11.8. The SMILES string of the molecule is Cc1ccc(NC(=O)C(COC(C)CO[Si](C(C)C)(C(C)C)C(C)C)Oc2ncnc3c2cnn3-c2c(Cl)cccc2C#N)nc1. The van der Waals surface area contributed by atoms with Crippen LogP contribution in [0.5, 0.6) is 5.88 Å². The van der Waals surface area contributed by atoms with Crippen molar-refractivity contribution in [1.82, 2.24) is 24.7 Å². The second-order valence-electron chi connectivity index (χ2n) is 12.3. The second kappa shape index (κ2) is 15.1. The van der Waals surface area contributed by atoms with Crippen LogP contribution in [-0.2, 0) is 14.0 Å². The Morgan fingerprint density at radius 1 is 1.00 bits per heavy atom. The van der Waals surface area contributed by atoms with Crippen molar-refractivity contribution in [3.63, 3.8) is 0 Å². The van der Waals surface area contributed by atoms with E-state index in [0.717, 1.165) is 5.56 Å². The van der Waals surface area contributed by atoms with Crippen LogP contribution in [0.4, 0.5) is 5.82 Å². The van der Waals surface area contributed by atoms with E-state index in [-0.39, 0.29) is 18.6 Å². The number of ether oxygens (including phenoxy) is 2. The summed E-state index contributed by atoms with van der Waals surface area (Å²) in [4.78, 5) is 26.6. The molecule has 0 saturated carbocycles. The third-order valence-corrected chi connectivity index (χ3v) is 14.6. The molecule has 13 heteroatoms. The molecule has 1 N–H and O–H groups in total. The van der Waals surface area contributed by atoms with Gasteiger partial charge in [0, 0.05) is 6.20 Å². The van der Waals surface area contributed by atoms with Gasteiger partial charge in [-0.2, -0.15) is 10.4 Å². The van der Waals surface area contributed by atoms with E-state index in [4.69, 9.17) is 25.5 Å². The van der Waals surface area contributed by atoms with Gasteiger partial charge in [0.05, 0.1) is 36.1 Å². The molecule has 3 heterocycles. The number of aromatic nitrogens is 5. The first-order chi connectivity index (χ1) is 21.9. The number of rotatable bonds is 14. The van der Waals surface area contributed by atoms with Crippen LogP contribution in [0, 0.1) is 18.3 Å². The van der Waals surface area contributed by atoms with E-state index in [0.29, 0.717) is 56.4 Å². The quantitative estimate of drug-likeness (QED) is 0.141. The normalized spacial score (nSPS) is 13.3. The summed E-state index contributed by atoms with van der Waals surface area (Å²) >= 11 is 6.46. The second-order valence-corrected chi connectivity index (χ2v) is 18.2. The number of fused-ring (bicyclic) bond motifs is 1. The van der Waals surface area contributed by atoms with E-state index in [1.54, 1.807) is 30.5 Å². The van der Waals surface area contributed by atoms with Gasteiger partial charge >= 0.3 is 0 Å². The molecule has 0 aliphatic carbocycles. The number of hydrogen-bond donors (Lipinski definition) is 1. The molecule has 2 atom stereocenters. The first-order valence-electron chi connectivity index (χ1n) is 15.4. The number of pyridine rings is 1. The van der Waals surface area contributed by atoms with Gasteiger partial charge in [-0.1, -0.05) is 65.3 Å². The van der Waals surface area contributed by atoms with Crippen molar-refractivity contribution in [3.8, 4) is 17.6 Å². The summed E-state index contributed by atoms with van der Waals surface area (Å²) in [6, 6.07) is 10.7. The van der Waals surface area contributed by atoms with Gasteiger partial charge in [0.2, 0.25) is 12.0 Å². The average molecular weight is 664 g/mol. The van der Waals surface area contributed by atoms with E-state index in [9.17, 15) is 10.1 Å². The average Bonchev–Trinajstić information content (AvgIpc) is 3.44. The highest BCUT2D eigenvalue weighted by atomic mass is 35.5. The minimum atomic E-state index is -2.11. The Morgan fingerprint density at radius 3 is 2.35 bits per heavy atom. The van der Waals surface area contributed by atoms with Gasteiger partial charge in [0.15, 0.2) is 14.0 Å². The van der Waals surface area contributed by atoms with Crippen molar-refractivity contribution in [2.24, 2.45) is 0 Å². The van der Waals surface area contributed by atoms with Gasteiger partial charge in [-0.3, -0.25) is 4.79 Å². The number of para-hydroxylation sites is 1. The summed E-state index contributed by atoms with van der Waals surface area (Å²) in [5, 5.41) is 17.7. The maximum Gasteiger partial charge on any atom is 0.269 e. The monoisotopic (exact) mass is 663 g/mol. The van der Waals surface area contributed by atoms with Gasteiger partial charge in [0.25, 0.3) is 5.91 Å². The zero-order valence-electron chi connectivity index (χ0n) is 27.6. The summed E-state index contributed by atoms with van der Waals surface area (Å²) in [5.74, 6) is 0.0412. The zero-order chi connectivity index (χ0) is 33.6. The van der Waals surface area contributed by atoms with Crippen LogP contribution in [0.1, 0.15) is 59.6 Å². The number of carbonyl (C=O) groups excluding carboxylic acids is 1. The van der Waals surface area contributed by atoms with Crippen molar-refractivity contribution in [2.45, 2.75) is 84.2 Å². The predicted octanol–water partition coefficient (Wildman–Crippen LogP) is 7.03.